The zero-order valence-corrected chi connectivity index (χ0v) is 9.24. The fourth-order valence-corrected chi connectivity index (χ4v) is 1.32. The largest absolute Gasteiger partial charge is 0.364 e. The Bertz CT molecular complexity index is 549. The molecular formula is C12H13N3O. The highest BCUT2D eigenvalue weighted by atomic mass is 16.1. The smallest absolute Gasteiger partial charge is 0.265 e. The number of hydrogen-bond acceptors (Lipinski definition) is 1. The highest BCUT2D eigenvalue weighted by Crippen LogP contribution is 2.21. The highest BCUT2D eigenvalue weighted by molar-refractivity contribution is 5.97. The summed E-state index contributed by atoms with van der Waals surface area (Å²) >= 11 is 0. The first kappa shape index (κ1) is 11.8. The number of aromatic amines is 1. The molecule has 0 bridgehead atoms. The number of carbonyl (C=O) groups is 1. The van der Waals surface area contributed by atoms with Crippen LogP contribution >= 0.6 is 0 Å². The fraction of sp³-hybridized carbons (Fsp3) is 0.167. The van der Waals surface area contributed by atoms with E-state index < -0.39 is 5.91 Å². The van der Waals surface area contributed by atoms with E-state index >= 15 is 0 Å². The zero-order valence-electron chi connectivity index (χ0n) is 9.24. The molecule has 1 aromatic carbocycles. The summed E-state index contributed by atoms with van der Waals surface area (Å²) in [6, 6.07) is 6.85. The number of carbonyl (C=O) groups excluding carboxylic acids is 1. The van der Waals surface area contributed by atoms with Crippen LogP contribution in [0.5, 0.6) is 0 Å². The number of amides is 1. The van der Waals surface area contributed by atoms with Gasteiger partial charge in [-0.25, -0.2) is 4.85 Å². The van der Waals surface area contributed by atoms with E-state index in [0.29, 0.717) is 11.4 Å². The lowest BCUT2D eigenvalue weighted by Crippen LogP contribution is -2.10. The number of rotatable bonds is 1. The van der Waals surface area contributed by atoms with E-state index in [1.54, 1.807) is 24.3 Å². The van der Waals surface area contributed by atoms with E-state index in [9.17, 15) is 4.79 Å². The van der Waals surface area contributed by atoms with E-state index in [2.05, 4.69) is 9.83 Å². The molecule has 2 rings (SSSR count). The third-order valence-electron chi connectivity index (χ3n) is 2.00. The fourth-order valence-electron chi connectivity index (χ4n) is 1.32. The lowest BCUT2D eigenvalue weighted by molar-refractivity contribution is 0.0996. The van der Waals surface area contributed by atoms with E-state index in [1.165, 1.54) is 0 Å². The minimum Gasteiger partial charge on any atom is -0.364 e. The van der Waals surface area contributed by atoms with Crippen LogP contribution in [0.15, 0.2) is 24.3 Å². The number of nitrogens with two attached hydrogens (primary N) is 1. The third kappa shape index (κ3) is 2.20. The van der Waals surface area contributed by atoms with Crippen molar-refractivity contribution >= 4 is 22.5 Å². The van der Waals surface area contributed by atoms with Crippen molar-refractivity contribution in [2.75, 3.05) is 0 Å². The number of H-pyrrole nitrogens is 1. The van der Waals surface area contributed by atoms with Crippen LogP contribution in [-0.4, -0.2) is 10.9 Å². The molecule has 3 N–H and O–H groups in total. The van der Waals surface area contributed by atoms with Gasteiger partial charge in [0.25, 0.3) is 5.91 Å². The number of nitrogens with one attached hydrogen (secondary N) is 1. The summed E-state index contributed by atoms with van der Waals surface area (Å²) in [7, 11) is 0. The molecule has 16 heavy (non-hydrogen) atoms. The van der Waals surface area contributed by atoms with Gasteiger partial charge < -0.3 is 10.7 Å². The number of hydrogen-bond donors (Lipinski definition) is 2. The predicted molar refractivity (Wildman–Crippen MR) is 64.4 cm³/mol. The summed E-state index contributed by atoms with van der Waals surface area (Å²) in [5.41, 5.74) is 6.77. The van der Waals surface area contributed by atoms with Gasteiger partial charge in [0.1, 0.15) is 5.69 Å². The molecule has 0 saturated carbocycles. The Labute approximate surface area is 93.9 Å². The summed E-state index contributed by atoms with van der Waals surface area (Å²) in [6.07, 6.45) is 0. The standard InChI is InChI=1S/C10H7N3O.C2H6/c1-12-7-3-2-6-4-9(10(11)14)13-8(6)5-7;1-2/h2-5,13H,(H2,11,14);1-2H3. The second-order valence-corrected chi connectivity index (χ2v) is 2.93. The predicted octanol–water partition coefficient (Wildman–Crippen LogP) is 2.84. The van der Waals surface area contributed by atoms with Gasteiger partial charge in [-0.3, -0.25) is 4.79 Å². The SMILES string of the molecule is CC.[C-]#[N+]c1ccc2cc(C(N)=O)[nH]c2c1. The van der Waals surface area contributed by atoms with Crippen LogP contribution in [0, 0.1) is 6.57 Å². The topological polar surface area (TPSA) is 63.2 Å². The monoisotopic (exact) mass is 215 g/mol. The van der Waals surface area contributed by atoms with E-state index in [1.807, 2.05) is 13.8 Å². The Morgan fingerprint density at radius 2 is 2.06 bits per heavy atom. The highest BCUT2D eigenvalue weighted by Gasteiger charge is 2.05. The quantitative estimate of drug-likeness (QED) is 0.706. The Morgan fingerprint density at radius 1 is 1.38 bits per heavy atom. The van der Waals surface area contributed by atoms with Crippen LogP contribution in [0.2, 0.25) is 0 Å². The van der Waals surface area contributed by atoms with Crippen LogP contribution in [0.4, 0.5) is 5.69 Å². The molecule has 1 amide bonds. The van der Waals surface area contributed by atoms with Crippen molar-refractivity contribution in [3.8, 4) is 0 Å². The lowest BCUT2D eigenvalue weighted by Gasteiger charge is -1.89. The molecule has 0 radical (unpaired) electrons. The van der Waals surface area contributed by atoms with Crippen LogP contribution in [0.25, 0.3) is 15.7 Å². The van der Waals surface area contributed by atoms with Gasteiger partial charge in [0.2, 0.25) is 0 Å². The van der Waals surface area contributed by atoms with Crippen molar-refractivity contribution in [2.24, 2.45) is 5.73 Å². The van der Waals surface area contributed by atoms with Gasteiger partial charge in [-0.05, 0) is 17.5 Å². The molecule has 2 aromatic rings. The van der Waals surface area contributed by atoms with Crippen LogP contribution in [0.1, 0.15) is 24.3 Å². The van der Waals surface area contributed by atoms with Gasteiger partial charge in [-0.2, -0.15) is 0 Å². The summed E-state index contributed by atoms with van der Waals surface area (Å²) in [5, 5.41) is 0.881. The molecule has 4 nitrogen and oxygen atoms in total. The van der Waals surface area contributed by atoms with Crippen molar-refractivity contribution in [3.63, 3.8) is 0 Å². The molecule has 0 aliphatic heterocycles. The van der Waals surface area contributed by atoms with E-state index in [0.717, 1.165) is 10.9 Å². The number of nitrogens with zero attached hydrogens (tertiary/aromatic N) is 1. The number of aromatic nitrogens is 1. The Morgan fingerprint density at radius 3 is 2.62 bits per heavy atom. The average Bonchev–Trinajstić information content (AvgIpc) is 2.74. The molecular weight excluding hydrogens is 202 g/mol. The molecule has 0 aliphatic carbocycles. The van der Waals surface area contributed by atoms with Crippen molar-refractivity contribution in [2.45, 2.75) is 13.8 Å². The zero-order chi connectivity index (χ0) is 12.1. The summed E-state index contributed by atoms with van der Waals surface area (Å²) in [4.78, 5) is 17.0. The molecule has 82 valence electrons. The second-order valence-electron chi connectivity index (χ2n) is 2.93. The maximum absolute atomic E-state index is 10.9. The summed E-state index contributed by atoms with van der Waals surface area (Å²) in [6.45, 7) is 10.8. The molecule has 4 heteroatoms. The first-order chi connectivity index (χ1) is 7.70. The van der Waals surface area contributed by atoms with Gasteiger partial charge in [0, 0.05) is 5.52 Å². The maximum atomic E-state index is 10.9. The maximum Gasteiger partial charge on any atom is 0.265 e. The number of fused-ring (bicyclic) bond motifs is 1. The van der Waals surface area contributed by atoms with Crippen LogP contribution in [-0.2, 0) is 0 Å². The Hall–Kier alpha value is -2.28. The van der Waals surface area contributed by atoms with Gasteiger partial charge in [0.05, 0.1) is 6.57 Å². The molecule has 0 atom stereocenters. The molecule has 0 fully saturated rings. The normalized spacial score (nSPS) is 9.06. The summed E-state index contributed by atoms with van der Waals surface area (Å²) in [5.74, 6) is -0.495. The van der Waals surface area contributed by atoms with Gasteiger partial charge in [0.15, 0.2) is 5.69 Å². The van der Waals surface area contributed by atoms with Gasteiger partial charge in [-0.15, -0.1) is 0 Å². The molecule has 0 spiro atoms. The van der Waals surface area contributed by atoms with Gasteiger partial charge >= 0.3 is 0 Å². The first-order valence-corrected chi connectivity index (χ1v) is 5.01. The molecule has 0 aliphatic rings. The second kappa shape index (κ2) is 4.99. The Balaban J connectivity index is 0.000000606. The van der Waals surface area contributed by atoms with Gasteiger partial charge in [-0.1, -0.05) is 26.0 Å². The van der Waals surface area contributed by atoms with Crippen molar-refractivity contribution < 1.29 is 4.79 Å². The lowest BCUT2D eigenvalue weighted by atomic mass is 10.2. The van der Waals surface area contributed by atoms with Crippen molar-refractivity contribution in [3.05, 3.63) is 41.4 Å². The van der Waals surface area contributed by atoms with E-state index in [4.69, 9.17) is 12.3 Å². The number of primary amides is 1. The molecule has 1 aromatic heterocycles. The summed E-state index contributed by atoms with van der Waals surface area (Å²) < 4.78 is 0. The van der Waals surface area contributed by atoms with Crippen LogP contribution < -0.4 is 5.73 Å². The Kier molecular flexibility index (Phi) is 3.67. The van der Waals surface area contributed by atoms with Crippen LogP contribution in [0.3, 0.4) is 0 Å². The number of benzene rings is 1. The minimum atomic E-state index is -0.495. The molecule has 0 unspecified atom stereocenters. The van der Waals surface area contributed by atoms with Crippen molar-refractivity contribution in [1.29, 1.82) is 0 Å². The molecule has 0 saturated heterocycles. The molecule has 1 heterocycles. The van der Waals surface area contributed by atoms with E-state index in [-0.39, 0.29) is 0 Å². The first-order valence-electron chi connectivity index (χ1n) is 5.01. The third-order valence-corrected chi connectivity index (χ3v) is 2.00. The minimum absolute atomic E-state index is 0.363. The average molecular weight is 215 g/mol. The van der Waals surface area contributed by atoms with Crippen molar-refractivity contribution in [1.82, 2.24) is 4.98 Å².